The van der Waals surface area contributed by atoms with Gasteiger partial charge in [-0.1, -0.05) is 28.9 Å². The minimum absolute atomic E-state index is 0.0875. The van der Waals surface area contributed by atoms with Gasteiger partial charge in [-0.15, -0.1) is 0 Å². The molecule has 7 heteroatoms. The zero-order chi connectivity index (χ0) is 17.8. The molecule has 0 aliphatic carbocycles. The van der Waals surface area contributed by atoms with Crippen LogP contribution >= 0.6 is 0 Å². The number of hydrogen-bond donors (Lipinski definition) is 1. The predicted molar refractivity (Wildman–Crippen MR) is 88.2 cm³/mol. The molecule has 0 atom stereocenters. The summed E-state index contributed by atoms with van der Waals surface area (Å²) in [5.74, 6) is 0.272. The van der Waals surface area contributed by atoms with Crippen LogP contribution in [0.25, 0.3) is 11.4 Å². The Labute approximate surface area is 143 Å². The molecule has 1 heterocycles. The summed E-state index contributed by atoms with van der Waals surface area (Å²) >= 11 is 0. The normalized spacial score (nSPS) is 10.5. The summed E-state index contributed by atoms with van der Waals surface area (Å²) < 4.78 is 15.5. The number of ether oxygens (including phenoxy) is 2. The highest BCUT2D eigenvalue weighted by atomic mass is 16.6. The third kappa shape index (κ3) is 3.60. The molecule has 0 fully saturated rings. The number of aryl methyl sites for hydroxylation is 1. The lowest BCUT2D eigenvalue weighted by atomic mass is 10.1. The quantitative estimate of drug-likeness (QED) is 0.713. The molecule has 1 aromatic heterocycles. The number of phenolic OH excluding ortho intramolecular Hbond substituents is 1. The van der Waals surface area contributed by atoms with Gasteiger partial charge in [0.15, 0.2) is 6.61 Å². The number of esters is 1. The molecular weight excluding hydrogens is 324 g/mol. The van der Waals surface area contributed by atoms with Crippen molar-refractivity contribution in [2.24, 2.45) is 0 Å². The van der Waals surface area contributed by atoms with Gasteiger partial charge in [0.05, 0.1) is 12.7 Å². The fraction of sp³-hybridized carbons (Fsp3) is 0.167. The second kappa shape index (κ2) is 7.04. The Balaban J connectivity index is 1.72. The zero-order valence-corrected chi connectivity index (χ0v) is 13.7. The molecule has 2 aromatic carbocycles. The molecule has 0 radical (unpaired) electrons. The largest absolute Gasteiger partial charge is 0.507 e. The number of benzene rings is 2. The van der Waals surface area contributed by atoms with E-state index in [2.05, 4.69) is 10.1 Å². The van der Waals surface area contributed by atoms with Crippen molar-refractivity contribution in [2.45, 2.75) is 13.5 Å². The number of methoxy groups -OCH3 is 1. The zero-order valence-electron chi connectivity index (χ0n) is 13.7. The van der Waals surface area contributed by atoms with Crippen molar-refractivity contribution in [1.82, 2.24) is 10.1 Å². The fourth-order valence-corrected chi connectivity index (χ4v) is 2.27. The molecule has 0 saturated heterocycles. The van der Waals surface area contributed by atoms with E-state index in [9.17, 15) is 9.90 Å². The lowest BCUT2D eigenvalue weighted by molar-refractivity contribution is 0.0426. The molecule has 7 nitrogen and oxygen atoms in total. The van der Waals surface area contributed by atoms with E-state index >= 15 is 0 Å². The van der Waals surface area contributed by atoms with Crippen molar-refractivity contribution >= 4 is 5.97 Å². The van der Waals surface area contributed by atoms with E-state index in [1.165, 1.54) is 6.07 Å². The SMILES string of the molecule is COc1ccccc1-c1noc(COC(=O)c2cc(C)ccc2O)n1. The van der Waals surface area contributed by atoms with Crippen LogP contribution in [0.3, 0.4) is 0 Å². The molecule has 3 rings (SSSR count). The van der Waals surface area contributed by atoms with Crippen LogP contribution in [-0.2, 0) is 11.3 Å². The van der Waals surface area contributed by atoms with Crippen LogP contribution in [0.4, 0.5) is 0 Å². The highest BCUT2D eigenvalue weighted by Gasteiger charge is 2.16. The molecular formula is C18H16N2O5. The van der Waals surface area contributed by atoms with Gasteiger partial charge in [-0.05, 0) is 31.2 Å². The summed E-state index contributed by atoms with van der Waals surface area (Å²) in [4.78, 5) is 16.3. The number of rotatable bonds is 5. The Morgan fingerprint density at radius 2 is 2.04 bits per heavy atom. The van der Waals surface area contributed by atoms with Gasteiger partial charge >= 0.3 is 5.97 Å². The van der Waals surface area contributed by atoms with Gasteiger partial charge < -0.3 is 19.1 Å². The van der Waals surface area contributed by atoms with E-state index < -0.39 is 5.97 Å². The first-order chi connectivity index (χ1) is 12.1. The van der Waals surface area contributed by atoms with E-state index in [0.29, 0.717) is 17.1 Å². The van der Waals surface area contributed by atoms with E-state index in [-0.39, 0.29) is 23.8 Å². The van der Waals surface area contributed by atoms with E-state index in [0.717, 1.165) is 5.56 Å². The molecule has 0 aliphatic heterocycles. The van der Waals surface area contributed by atoms with E-state index in [1.54, 1.807) is 31.4 Å². The molecule has 0 spiro atoms. The molecule has 0 aliphatic rings. The molecule has 0 amide bonds. The van der Waals surface area contributed by atoms with Crippen molar-refractivity contribution in [3.05, 3.63) is 59.5 Å². The van der Waals surface area contributed by atoms with Crippen LogP contribution in [0.5, 0.6) is 11.5 Å². The van der Waals surface area contributed by atoms with Crippen LogP contribution in [0.1, 0.15) is 21.8 Å². The van der Waals surface area contributed by atoms with Gasteiger partial charge in [-0.2, -0.15) is 4.98 Å². The third-order valence-electron chi connectivity index (χ3n) is 3.51. The Morgan fingerprint density at radius 1 is 1.24 bits per heavy atom. The minimum atomic E-state index is -0.668. The van der Waals surface area contributed by atoms with Crippen LogP contribution in [-0.4, -0.2) is 28.3 Å². The number of para-hydroxylation sites is 1. The molecule has 25 heavy (non-hydrogen) atoms. The maximum atomic E-state index is 12.1. The Morgan fingerprint density at radius 3 is 2.84 bits per heavy atom. The Kier molecular flexibility index (Phi) is 4.65. The van der Waals surface area contributed by atoms with Gasteiger partial charge in [0.2, 0.25) is 5.82 Å². The van der Waals surface area contributed by atoms with Gasteiger partial charge in [-0.25, -0.2) is 4.79 Å². The van der Waals surface area contributed by atoms with Crippen LogP contribution < -0.4 is 4.74 Å². The average Bonchev–Trinajstić information content (AvgIpc) is 3.10. The second-order valence-corrected chi connectivity index (χ2v) is 5.31. The van der Waals surface area contributed by atoms with Crippen LogP contribution in [0.15, 0.2) is 47.0 Å². The average molecular weight is 340 g/mol. The number of phenols is 1. The topological polar surface area (TPSA) is 94.7 Å². The van der Waals surface area contributed by atoms with Crippen molar-refractivity contribution in [3.8, 4) is 22.9 Å². The number of aromatic hydroxyl groups is 1. The number of carbonyl (C=O) groups is 1. The van der Waals surface area contributed by atoms with E-state index in [4.69, 9.17) is 14.0 Å². The van der Waals surface area contributed by atoms with E-state index in [1.807, 2.05) is 19.1 Å². The first kappa shape index (κ1) is 16.5. The van der Waals surface area contributed by atoms with Gasteiger partial charge in [0.1, 0.15) is 17.1 Å². The molecule has 0 saturated carbocycles. The van der Waals surface area contributed by atoms with Gasteiger partial charge in [0, 0.05) is 0 Å². The smallest absolute Gasteiger partial charge is 0.342 e. The summed E-state index contributed by atoms with van der Waals surface area (Å²) in [6.45, 7) is 1.61. The first-order valence-corrected chi connectivity index (χ1v) is 7.51. The maximum Gasteiger partial charge on any atom is 0.342 e. The second-order valence-electron chi connectivity index (χ2n) is 5.31. The summed E-state index contributed by atoms with van der Waals surface area (Å²) in [6, 6.07) is 11.9. The molecule has 0 bridgehead atoms. The van der Waals surface area contributed by atoms with Gasteiger partial charge in [0.25, 0.3) is 5.89 Å². The number of hydrogen-bond acceptors (Lipinski definition) is 7. The number of nitrogens with zero attached hydrogens (tertiary/aromatic N) is 2. The molecule has 3 aromatic rings. The monoisotopic (exact) mass is 340 g/mol. The van der Waals surface area contributed by atoms with Gasteiger partial charge in [-0.3, -0.25) is 0 Å². The maximum absolute atomic E-state index is 12.1. The fourth-order valence-electron chi connectivity index (χ4n) is 2.27. The third-order valence-corrected chi connectivity index (χ3v) is 3.51. The minimum Gasteiger partial charge on any atom is -0.507 e. The molecule has 1 N–H and O–H groups in total. The highest BCUT2D eigenvalue weighted by molar-refractivity contribution is 5.92. The molecule has 0 unspecified atom stereocenters. The highest BCUT2D eigenvalue weighted by Crippen LogP contribution is 2.27. The predicted octanol–water partition coefficient (Wildman–Crippen LogP) is 3.12. The summed E-state index contributed by atoms with van der Waals surface area (Å²) in [5, 5.41) is 13.6. The first-order valence-electron chi connectivity index (χ1n) is 7.51. The lowest BCUT2D eigenvalue weighted by Gasteiger charge is -2.05. The summed E-state index contributed by atoms with van der Waals surface area (Å²) in [6.07, 6.45) is 0. The van der Waals surface area contributed by atoms with Crippen molar-refractivity contribution in [2.75, 3.05) is 7.11 Å². The van der Waals surface area contributed by atoms with Crippen LogP contribution in [0.2, 0.25) is 0 Å². The standard InChI is InChI=1S/C18H16N2O5/c1-11-7-8-14(21)13(9-11)18(22)24-10-16-19-17(20-25-16)12-5-3-4-6-15(12)23-2/h3-9,21H,10H2,1-2H3. The van der Waals surface area contributed by atoms with Crippen molar-refractivity contribution < 1.29 is 23.9 Å². The summed E-state index contributed by atoms with van der Waals surface area (Å²) in [5.41, 5.74) is 1.59. The number of aromatic nitrogens is 2. The Bertz CT molecular complexity index is 904. The van der Waals surface area contributed by atoms with Crippen LogP contribution in [0, 0.1) is 6.92 Å². The Hall–Kier alpha value is -3.35. The number of carbonyl (C=O) groups excluding carboxylic acids is 1. The lowest BCUT2D eigenvalue weighted by Crippen LogP contribution is -2.06. The molecule has 128 valence electrons. The van der Waals surface area contributed by atoms with Crippen molar-refractivity contribution in [1.29, 1.82) is 0 Å². The van der Waals surface area contributed by atoms with Crippen molar-refractivity contribution in [3.63, 3.8) is 0 Å². The summed E-state index contributed by atoms with van der Waals surface area (Å²) in [7, 11) is 1.55.